The molecular weight excluding hydrogens is 560 g/mol. The molecule has 7 atom stereocenters. The van der Waals surface area contributed by atoms with Crippen molar-refractivity contribution in [1.82, 2.24) is 0 Å². The average molecular weight is 615 g/mol. The van der Waals surface area contributed by atoms with Gasteiger partial charge < -0.3 is 4.74 Å². The van der Waals surface area contributed by atoms with Crippen LogP contribution in [0.1, 0.15) is 120 Å². The Morgan fingerprint density at radius 2 is 1.65 bits per heavy atom. The Labute approximate surface area is 259 Å². The van der Waals surface area contributed by atoms with Gasteiger partial charge >= 0.3 is 5.97 Å². The molecule has 0 spiro atoms. The monoisotopic (exact) mass is 614 g/mol. The summed E-state index contributed by atoms with van der Waals surface area (Å²) >= 11 is 0. The van der Waals surface area contributed by atoms with E-state index in [4.69, 9.17) is 4.74 Å². The van der Waals surface area contributed by atoms with Gasteiger partial charge in [0.25, 0.3) is 0 Å². The molecule has 5 rings (SSSR count). The fraction of sp³-hybridized carbons (Fsp3) is 0.806. The standard InChI is InChI=1S/C36H54O6S/c1-10-11-18-43(40,41)22-23-20-33(6)26(32(4,5)29(23)38)12-13-34(7)27(33)19-25(37)28-24-21-31(2,3)14-16-36(24,30(39)42-9)17-15-35(28,34)8/h19,22,24,26,28H,10-18,20-21H2,1-9H3/b23-22+/t24?,26?,28?,33?,34?,35-,36?/m1/s1. The molecule has 5 aliphatic rings. The van der Waals surface area contributed by atoms with Crippen molar-refractivity contribution >= 4 is 27.4 Å². The zero-order valence-electron chi connectivity index (χ0n) is 28.0. The molecule has 0 aromatic heterocycles. The number of sulfone groups is 1. The van der Waals surface area contributed by atoms with Gasteiger partial charge in [0.2, 0.25) is 0 Å². The Morgan fingerprint density at radius 3 is 2.28 bits per heavy atom. The summed E-state index contributed by atoms with van der Waals surface area (Å²) in [6.07, 6.45) is 9.27. The quantitative estimate of drug-likeness (QED) is 0.236. The van der Waals surface area contributed by atoms with Crippen LogP contribution in [0.25, 0.3) is 0 Å². The number of ketones is 2. The smallest absolute Gasteiger partial charge is 0.312 e. The highest BCUT2D eigenvalue weighted by atomic mass is 32.2. The van der Waals surface area contributed by atoms with Crippen LogP contribution in [0.15, 0.2) is 22.6 Å². The van der Waals surface area contributed by atoms with Gasteiger partial charge in [0.05, 0.1) is 18.3 Å². The molecule has 0 amide bonds. The second-order valence-corrected chi connectivity index (χ2v) is 18.9. The molecule has 0 saturated heterocycles. The van der Waals surface area contributed by atoms with E-state index in [0.29, 0.717) is 24.8 Å². The number of unbranched alkanes of at least 4 members (excludes halogenated alkanes) is 1. The zero-order chi connectivity index (χ0) is 32.0. The number of allylic oxidation sites excluding steroid dienone is 3. The lowest BCUT2D eigenvalue weighted by Gasteiger charge is -2.69. The van der Waals surface area contributed by atoms with Crippen LogP contribution in [0, 0.1) is 50.2 Å². The number of hydrogen-bond donors (Lipinski definition) is 0. The largest absolute Gasteiger partial charge is 0.469 e. The maximum Gasteiger partial charge on any atom is 0.312 e. The number of Topliss-reactive ketones (excluding diaryl/α,β-unsaturated/α-hetero) is 1. The number of hydrogen-bond acceptors (Lipinski definition) is 6. The van der Waals surface area contributed by atoms with Crippen LogP contribution in [0.2, 0.25) is 0 Å². The fourth-order valence-electron chi connectivity index (χ4n) is 11.2. The molecule has 4 saturated carbocycles. The number of ether oxygens (including phenoxy) is 1. The summed E-state index contributed by atoms with van der Waals surface area (Å²) < 4.78 is 31.6. The summed E-state index contributed by atoms with van der Waals surface area (Å²) in [6, 6.07) is 0. The molecule has 0 heterocycles. The van der Waals surface area contributed by atoms with Gasteiger partial charge in [0.1, 0.15) is 0 Å². The van der Waals surface area contributed by atoms with Crippen molar-refractivity contribution in [2.75, 3.05) is 12.9 Å². The van der Waals surface area contributed by atoms with Crippen molar-refractivity contribution in [3.05, 3.63) is 22.6 Å². The number of carbonyl (C=O) groups excluding carboxylic acids is 3. The maximum atomic E-state index is 14.6. The van der Waals surface area contributed by atoms with E-state index in [2.05, 4.69) is 34.6 Å². The van der Waals surface area contributed by atoms with Crippen LogP contribution in [-0.4, -0.2) is 38.8 Å². The summed E-state index contributed by atoms with van der Waals surface area (Å²) in [5.74, 6) is -0.459. The lowest BCUT2D eigenvalue weighted by atomic mass is 9.33. The Morgan fingerprint density at radius 1 is 1.00 bits per heavy atom. The number of rotatable bonds is 5. The SMILES string of the molecule is CCCCS(=O)(=O)/C=C1\CC2(C)C3=CC(=O)C4C5CC(C)(C)CCC5(C(=O)OC)CC[C@@]4(C)C3(C)CCC2C(C)(C)C1=O. The fourth-order valence-corrected chi connectivity index (χ4v) is 12.6. The molecule has 0 aliphatic heterocycles. The van der Waals surface area contributed by atoms with Crippen molar-refractivity contribution in [3.63, 3.8) is 0 Å². The van der Waals surface area contributed by atoms with Crippen LogP contribution >= 0.6 is 0 Å². The first-order valence-electron chi connectivity index (χ1n) is 16.6. The Kier molecular flexibility index (Phi) is 7.68. The highest BCUT2D eigenvalue weighted by molar-refractivity contribution is 7.94. The van der Waals surface area contributed by atoms with E-state index in [0.717, 1.165) is 50.5 Å². The molecule has 0 bridgehead atoms. The molecular formula is C36H54O6S. The second-order valence-electron chi connectivity index (χ2n) is 16.9. The van der Waals surface area contributed by atoms with Crippen LogP contribution in [0.3, 0.4) is 0 Å². The van der Waals surface area contributed by atoms with Gasteiger partial charge in [-0.1, -0.05) is 67.4 Å². The van der Waals surface area contributed by atoms with Gasteiger partial charge in [-0.2, -0.15) is 0 Å². The minimum atomic E-state index is -3.53. The zero-order valence-corrected chi connectivity index (χ0v) is 28.8. The molecule has 7 heteroatoms. The third kappa shape index (κ3) is 4.59. The highest BCUT2D eigenvalue weighted by Gasteiger charge is 2.71. The molecule has 6 nitrogen and oxygen atoms in total. The molecule has 0 aromatic rings. The van der Waals surface area contributed by atoms with Gasteiger partial charge in [0.15, 0.2) is 21.4 Å². The third-order valence-electron chi connectivity index (χ3n) is 13.7. The van der Waals surface area contributed by atoms with E-state index in [1.807, 2.05) is 26.8 Å². The van der Waals surface area contributed by atoms with Gasteiger partial charge in [-0.3, -0.25) is 14.4 Å². The van der Waals surface area contributed by atoms with Crippen molar-refractivity contribution in [2.45, 2.75) is 120 Å². The lowest BCUT2D eigenvalue weighted by Crippen LogP contribution is -2.66. The molecule has 0 radical (unpaired) electrons. The van der Waals surface area contributed by atoms with Crippen molar-refractivity contribution in [1.29, 1.82) is 0 Å². The Balaban J connectivity index is 1.65. The molecule has 5 aliphatic carbocycles. The van der Waals surface area contributed by atoms with E-state index >= 15 is 0 Å². The molecule has 0 aromatic carbocycles. The van der Waals surface area contributed by atoms with Crippen LogP contribution < -0.4 is 0 Å². The number of methoxy groups -OCH3 is 1. The second kappa shape index (κ2) is 10.1. The summed E-state index contributed by atoms with van der Waals surface area (Å²) in [5.41, 5.74) is -1.07. The highest BCUT2D eigenvalue weighted by Crippen LogP contribution is 2.75. The summed E-state index contributed by atoms with van der Waals surface area (Å²) in [5, 5.41) is 1.27. The van der Waals surface area contributed by atoms with E-state index < -0.39 is 26.1 Å². The molecule has 4 fully saturated rings. The van der Waals surface area contributed by atoms with Crippen LogP contribution in [-0.2, 0) is 29.0 Å². The Hall–Kier alpha value is -1.76. The van der Waals surface area contributed by atoms with Crippen molar-refractivity contribution in [2.24, 2.45) is 50.2 Å². The van der Waals surface area contributed by atoms with Crippen molar-refractivity contribution in [3.8, 4) is 0 Å². The van der Waals surface area contributed by atoms with Gasteiger partial charge in [-0.05, 0) is 97.4 Å². The van der Waals surface area contributed by atoms with Crippen molar-refractivity contribution < 1.29 is 27.5 Å². The number of carbonyl (C=O) groups is 3. The molecule has 0 N–H and O–H groups in total. The molecule has 240 valence electrons. The predicted octanol–water partition coefficient (Wildman–Crippen LogP) is 7.42. The minimum absolute atomic E-state index is 0.00151. The first kappa shape index (κ1) is 32.6. The Bertz CT molecular complexity index is 1400. The van der Waals surface area contributed by atoms with E-state index in [1.54, 1.807) is 0 Å². The van der Waals surface area contributed by atoms with E-state index in [1.165, 1.54) is 12.5 Å². The predicted molar refractivity (Wildman–Crippen MR) is 169 cm³/mol. The summed E-state index contributed by atoms with van der Waals surface area (Å²) in [6.45, 7) is 17.2. The average Bonchev–Trinajstić information content (AvgIpc) is 2.91. The number of esters is 1. The molecule has 43 heavy (non-hydrogen) atoms. The normalized spacial score (nSPS) is 42.7. The minimum Gasteiger partial charge on any atom is -0.469 e. The van der Waals surface area contributed by atoms with E-state index in [-0.39, 0.29) is 57.3 Å². The lowest BCUT2D eigenvalue weighted by molar-refractivity contribution is -0.192. The van der Waals surface area contributed by atoms with Gasteiger partial charge in [-0.15, -0.1) is 0 Å². The van der Waals surface area contributed by atoms with Gasteiger partial charge in [0, 0.05) is 22.3 Å². The summed E-state index contributed by atoms with van der Waals surface area (Å²) in [4.78, 5) is 42.0. The molecule has 6 unspecified atom stereocenters. The van der Waals surface area contributed by atoms with E-state index in [9.17, 15) is 22.8 Å². The first-order valence-corrected chi connectivity index (χ1v) is 18.3. The number of fused-ring (bicyclic) bond motifs is 7. The first-order chi connectivity index (χ1) is 19.7. The maximum absolute atomic E-state index is 14.6. The van der Waals surface area contributed by atoms with Gasteiger partial charge in [-0.25, -0.2) is 8.42 Å². The third-order valence-corrected chi connectivity index (χ3v) is 15.2. The van der Waals surface area contributed by atoms with Crippen LogP contribution in [0.5, 0.6) is 0 Å². The topological polar surface area (TPSA) is 94.6 Å². The summed E-state index contributed by atoms with van der Waals surface area (Å²) in [7, 11) is -2.05. The van der Waals surface area contributed by atoms with Crippen LogP contribution in [0.4, 0.5) is 0 Å².